The molecule has 1 aromatic heterocycles. The number of anilines is 1. The number of hydrogen-bond donors (Lipinski definition) is 2. The van der Waals surface area contributed by atoms with Crippen molar-refractivity contribution in [1.29, 1.82) is 0 Å². The lowest BCUT2D eigenvalue weighted by molar-refractivity contribution is -0.142. The van der Waals surface area contributed by atoms with Crippen molar-refractivity contribution < 1.29 is 14.7 Å². The molecule has 0 spiro atoms. The van der Waals surface area contributed by atoms with Crippen LogP contribution in [0.15, 0.2) is 18.3 Å². The van der Waals surface area contributed by atoms with Crippen molar-refractivity contribution in [3.05, 3.63) is 24.0 Å². The highest BCUT2D eigenvalue weighted by molar-refractivity contribution is 5.93. The lowest BCUT2D eigenvalue weighted by Gasteiger charge is -2.36. The molecule has 110 valence electrons. The minimum atomic E-state index is -1.06. The van der Waals surface area contributed by atoms with E-state index in [-0.39, 0.29) is 11.6 Å². The second-order valence-corrected chi connectivity index (χ2v) is 4.87. The van der Waals surface area contributed by atoms with Gasteiger partial charge in [0, 0.05) is 25.0 Å². The van der Waals surface area contributed by atoms with E-state index < -0.39 is 11.5 Å². The number of nitrogens with zero attached hydrogens (tertiary/aromatic N) is 2. The first-order valence-corrected chi connectivity index (χ1v) is 6.59. The fourth-order valence-corrected chi connectivity index (χ4v) is 1.98. The van der Waals surface area contributed by atoms with Gasteiger partial charge in [0.1, 0.15) is 11.2 Å². The van der Waals surface area contributed by atoms with E-state index in [2.05, 4.69) is 10.3 Å². The van der Waals surface area contributed by atoms with Gasteiger partial charge in [0.05, 0.1) is 0 Å². The van der Waals surface area contributed by atoms with Gasteiger partial charge in [-0.25, -0.2) is 4.79 Å². The maximum atomic E-state index is 11.8. The summed E-state index contributed by atoms with van der Waals surface area (Å²) in [5, 5.41) is 12.0. The van der Waals surface area contributed by atoms with Gasteiger partial charge >= 0.3 is 5.97 Å². The molecule has 1 amide bonds. The SMILES string of the molecule is CCNC(=O)c1cc(N(CC)C(C)(C)C(=O)O)ccn1. The minimum absolute atomic E-state index is 0.265. The first-order chi connectivity index (χ1) is 9.34. The molecule has 6 heteroatoms. The van der Waals surface area contributed by atoms with Gasteiger partial charge in [-0.2, -0.15) is 0 Å². The molecule has 6 nitrogen and oxygen atoms in total. The molecule has 1 heterocycles. The lowest BCUT2D eigenvalue weighted by Crippen LogP contribution is -2.50. The molecule has 1 rings (SSSR count). The van der Waals surface area contributed by atoms with Crippen molar-refractivity contribution in [3.8, 4) is 0 Å². The molecular formula is C14H21N3O3. The van der Waals surface area contributed by atoms with E-state index in [4.69, 9.17) is 0 Å². The van der Waals surface area contributed by atoms with Gasteiger partial charge in [-0.3, -0.25) is 9.78 Å². The molecule has 20 heavy (non-hydrogen) atoms. The summed E-state index contributed by atoms with van der Waals surface area (Å²) in [5.41, 5.74) is -0.116. The monoisotopic (exact) mass is 279 g/mol. The molecule has 0 aliphatic carbocycles. The number of aliphatic carboxylic acids is 1. The van der Waals surface area contributed by atoms with Gasteiger partial charge in [-0.05, 0) is 39.8 Å². The number of pyridine rings is 1. The third-order valence-electron chi connectivity index (χ3n) is 3.14. The Balaban J connectivity index is 3.15. The summed E-state index contributed by atoms with van der Waals surface area (Å²) < 4.78 is 0. The number of carbonyl (C=O) groups is 2. The standard InChI is InChI=1S/C14H21N3O3/c1-5-15-12(18)11-9-10(7-8-16-11)17(6-2)14(3,4)13(19)20/h7-9H,5-6H2,1-4H3,(H,15,18)(H,19,20). The Morgan fingerprint density at radius 2 is 2.05 bits per heavy atom. The van der Waals surface area contributed by atoms with Crippen LogP contribution >= 0.6 is 0 Å². The number of hydrogen-bond acceptors (Lipinski definition) is 4. The highest BCUT2D eigenvalue weighted by atomic mass is 16.4. The van der Waals surface area contributed by atoms with Crippen LogP contribution in [0.1, 0.15) is 38.2 Å². The van der Waals surface area contributed by atoms with Crippen LogP contribution in [0.5, 0.6) is 0 Å². The average Bonchev–Trinajstić information content (AvgIpc) is 2.39. The molecule has 0 radical (unpaired) electrons. The maximum Gasteiger partial charge on any atom is 0.328 e. The Hall–Kier alpha value is -2.11. The first-order valence-electron chi connectivity index (χ1n) is 6.59. The molecule has 2 N–H and O–H groups in total. The van der Waals surface area contributed by atoms with Crippen LogP contribution < -0.4 is 10.2 Å². The summed E-state index contributed by atoms with van der Waals surface area (Å²) in [6.45, 7) is 7.99. The fourth-order valence-electron chi connectivity index (χ4n) is 1.98. The van der Waals surface area contributed by atoms with E-state index in [1.807, 2.05) is 13.8 Å². The summed E-state index contributed by atoms with van der Waals surface area (Å²) in [6.07, 6.45) is 1.51. The quantitative estimate of drug-likeness (QED) is 0.825. The second-order valence-electron chi connectivity index (χ2n) is 4.87. The predicted molar refractivity (Wildman–Crippen MR) is 77.0 cm³/mol. The zero-order valence-electron chi connectivity index (χ0n) is 12.3. The molecule has 0 aromatic carbocycles. The summed E-state index contributed by atoms with van der Waals surface area (Å²) in [7, 11) is 0. The number of carboxylic acids is 1. The molecule has 0 fully saturated rings. The maximum absolute atomic E-state index is 11.8. The van der Waals surface area contributed by atoms with E-state index >= 15 is 0 Å². The first kappa shape index (κ1) is 15.9. The van der Waals surface area contributed by atoms with Crippen molar-refractivity contribution in [3.63, 3.8) is 0 Å². The predicted octanol–water partition coefficient (Wildman–Crippen LogP) is 1.52. The zero-order chi connectivity index (χ0) is 15.3. The van der Waals surface area contributed by atoms with E-state index in [9.17, 15) is 14.7 Å². The van der Waals surface area contributed by atoms with Crippen LogP contribution in [-0.2, 0) is 4.79 Å². The number of rotatable bonds is 6. The Morgan fingerprint density at radius 3 is 2.55 bits per heavy atom. The van der Waals surface area contributed by atoms with Gasteiger partial charge in [0.15, 0.2) is 0 Å². The number of nitrogens with one attached hydrogen (secondary N) is 1. The molecule has 0 bridgehead atoms. The third kappa shape index (κ3) is 3.26. The van der Waals surface area contributed by atoms with Crippen LogP contribution in [0.25, 0.3) is 0 Å². The van der Waals surface area contributed by atoms with Crippen molar-refractivity contribution >= 4 is 17.6 Å². The Bertz CT molecular complexity index is 500. The summed E-state index contributed by atoms with van der Waals surface area (Å²) in [6, 6.07) is 3.32. The summed E-state index contributed by atoms with van der Waals surface area (Å²) >= 11 is 0. The number of likely N-dealkylation sites (N-methyl/N-ethyl adjacent to an activating group) is 1. The normalized spacial score (nSPS) is 11.0. The lowest BCUT2D eigenvalue weighted by atomic mass is 10.0. The Morgan fingerprint density at radius 1 is 1.40 bits per heavy atom. The molecular weight excluding hydrogens is 258 g/mol. The van der Waals surface area contributed by atoms with Crippen molar-refractivity contribution in [2.24, 2.45) is 0 Å². The molecule has 0 atom stereocenters. The van der Waals surface area contributed by atoms with Crippen molar-refractivity contribution in [1.82, 2.24) is 10.3 Å². The van der Waals surface area contributed by atoms with E-state index in [1.54, 1.807) is 30.9 Å². The van der Waals surface area contributed by atoms with E-state index in [0.717, 1.165) is 0 Å². The zero-order valence-corrected chi connectivity index (χ0v) is 12.3. The van der Waals surface area contributed by atoms with Gasteiger partial charge in [0.25, 0.3) is 5.91 Å². The fraction of sp³-hybridized carbons (Fsp3) is 0.500. The van der Waals surface area contributed by atoms with Gasteiger partial charge in [0.2, 0.25) is 0 Å². The number of carbonyl (C=O) groups excluding carboxylic acids is 1. The molecule has 1 aromatic rings. The molecule has 0 aliphatic heterocycles. The smallest absolute Gasteiger partial charge is 0.328 e. The molecule has 0 saturated heterocycles. The Labute approximate surface area is 118 Å². The highest BCUT2D eigenvalue weighted by Crippen LogP contribution is 2.24. The minimum Gasteiger partial charge on any atom is -0.480 e. The topological polar surface area (TPSA) is 82.5 Å². The summed E-state index contributed by atoms with van der Waals surface area (Å²) in [5.74, 6) is -1.19. The van der Waals surface area contributed by atoms with Crippen LogP contribution in [0.3, 0.4) is 0 Å². The van der Waals surface area contributed by atoms with Crippen LogP contribution in [-0.4, -0.2) is 40.6 Å². The van der Waals surface area contributed by atoms with Gasteiger partial charge in [-0.15, -0.1) is 0 Å². The molecule has 0 unspecified atom stereocenters. The second kappa shape index (κ2) is 6.36. The number of amides is 1. The van der Waals surface area contributed by atoms with Gasteiger partial charge < -0.3 is 15.3 Å². The van der Waals surface area contributed by atoms with Crippen molar-refractivity contribution in [2.75, 3.05) is 18.0 Å². The number of carboxylic acid groups (broad SMARTS) is 1. The Kier molecular flexibility index (Phi) is 5.07. The van der Waals surface area contributed by atoms with E-state index in [0.29, 0.717) is 18.8 Å². The third-order valence-corrected chi connectivity index (χ3v) is 3.14. The average molecular weight is 279 g/mol. The molecule has 0 saturated carbocycles. The summed E-state index contributed by atoms with van der Waals surface area (Å²) in [4.78, 5) is 28.9. The van der Waals surface area contributed by atoms with Gasteiger partial charge in [-0.1, -0.05) is 0 Å². The van der Waals surface area contributed by atoms with E-state index in [1.165, 1.54) is 6.20 Å². The van der Waals surface area contributed by atoms with Crippen LogP contribution in [0, 0.1) is 0 Å². The van der Waals surface area contributed by atoms with Crippen molar-refractivity contribution in [2.45, 2.75) is 33.2 Å². The van der Waals surface area contributed by atoms with Crippen LogP contribution in [0.2, 0.25) is 0 Å². The van der Waals surface area contributed by atoms with Crippen LogP contribution in [0.4, 0.5) is 5.69 Å². The number of aromatic nitrogens is 1. The largest absolute Gasteiger partial charge is 0.480 e. The highest BCUT2D eigenvalue weighted by Gasteiger charge is 2.34. The molecule has 0 aliphatic rings.